The molecule has 112 valence electrons. The van der Waals surface area contributed by atoms with Crippen LogP contribution in [-0.4, -0.2) is 11.7 Å². The molecule has 2 saturated carbocycles. The van der Waals surface area contributed by atoms with Gasteiger partial charge in [0, 0.05) is 6.61 Å². The van der Waals surface area contributed by atoms with Crippen molar-refractivity contribution in [1.82, 2.24) is 0 Å². The van der Waals surface area contributed by atoms with Crippen LogP contribution in [0, 0.1) is 21.7 Å². The zero-order valence-electron chi connectivity index (χ0n) is 13.8. The van der Waals surface area contributed by atoms with E-state index in [1.807, 2.05) is 0 Å². The van der Waals surface area contributed by atoms with Crippen LogP contribution in [0.4, 0.5) is 0 Å². The molecular weight excluding hydrogens is 244 g/mol. The number of fused-ring (bicyclic) bond motifs is 2. The summed E-state index contributed by atoms with van der Waals surface area (Å²) in [5.41, 5.74) is 4.58. The van der Waals surface area contributed by atoms with Gasteiger partial charge in [-0.2, -0.15) is 0 Å². The van der Waals surface area contributed by atoms with Gasteiger partial charge in [-0.25, -0.2) is 0 Å². The lowest BCUT2D eigenvalue weighted by atomic mass is 9.57. The molecule has 3 rings (SSSR count). The van der Waals surface area contributed by atoms with E-state index < -0.39 is 0 Å². The predicted molar refractivity (Wildman–Crippen MR) is 84.4 cm³/mol. The third-order valence-electron chi connectivity index (χ3n) is 6.48. The second kappa shape index (κ2) is 4.00. The Morgan fingerprint density at radius 2 is 1.50 bits per heavy atom. The van der Waals surface area contributed by atoms with Crippen LogP contribution < -0.4 is 0 Å². The van der Waals surface area contributed by atoms with Gasteiger partial charge in [0.05, 0.1) is 0 Å². The zero-order valence-corrected chi connectivity index (χ0v) is 13.8. The first-order valence-electron chi connectivity index (χ1n) is 8.24. The summed E-state index contributed by atoms with van der Waals surface area (Å²) < 4.78 is 0. The molecule has 3 aliphatic rings. The molecule has 1 N–H and O–H groups in total. The van der Waals surface area contributed by atoms with Gasteiger partial charge in [-0.1, -0.05) is 46.8 Å². The van der Waals surface area contributed by atoms with Crippen molar-refractivity contribution in [1.29, 1.82) is 0 Å². The van der Waals surface area contributed by atoms with Gasteiger partial charge in [0.25, 0.3) is 0 Å². The topological polar surface area (TPSA) is 20.2 Å². The van der Waals surface area contributed by atoms with Crippen LogP contribution in [0.3, 0.4) is 0 Å². The lowest BCUT2D eigenvalue weighted by Gasteiger charge is -2.47. The van der Waals surface area contributed by atoms with Crippen molar-refractivity contribution in [2.45, 2.75) is 66.7 Å². The van der Waals surface area contributed by atoms with E-state index in [9.17, 15) is 5.11 Å². The fraction of sp³-hybridized carbons (Fsp3) is 0.789. The Kier molecular flexibility index (Phi) is 2.88. The van der Waals surface area contributed by atoms with E-state index >= 15 is 0 Å². The van der Waals surface area contributed by atoms with Crippen molar-refractivity contribution in [3.8, 4) is 0 Å². The van der Waals surface area contributed by atoms with Gasteiger partial charge in [-0.05, 0) is 64.9 Å². The highest BCUT2D eigenvalue weighted by Crippen LogP contribution is 2.73. The number of aliphatic hydroxyl groups excluding tert-OH is 1. The Balaban J connectivity index is 2.03. The fourth-order valence-corrected chi connectivity index (χ4v) is 4.63. The maximum Gasteiger partial charge on any atom is 0.0431 e. The summed E-state index contributed by atoms with van der Waals surface area (Å²) in [7, 11) is 0. The van der Waals surface area contributed by atoms with Crippen molar-refractivity contribution in [2.75, 3.05) is 6.61 Å². The molecular formula is C19H30O. The van der Waals surface area contributed by atoms with Crippen molar-refractivity contribution in [2.24, 2.45) is 21.7 Å². The first-order chi connectivity index (χ1) is 9.16. The normalized spacial score (nSPS) is 40.3. The Bertz CT molecular complexity index is 494. The van der Waals surface area contributed by atoms with E-state index in [0.29, 0.717) is 28.3 Å². The van der Waals surface area contributed by atoms with E-state index in [2.05, 4.69) is 46.8 Å². The highest BCUT2D eigenvalue weighted by atomic mass is 16.2. The summed E-state index contributed by atoms with van der Waals surface area (Å²) in [6, 6.07) is 0. The summed E-state index contributed by atoms with van der Waals surface area (Å²) in [6.07, 6.45) is 11.2. The molecule has 0 bridgehead atoms. The summed E-state index contributed by atoms with van der Waals surface area (Å²) in [6.45, 7) is 12.4. The Labute approximate surface area is 124 Å². The maximum absolute atomic E-state index is 9.20. The summed E-state index contributed by atoms with van der Waals surface area (Å²) >= 11 is 0. The van der Waals surface area contributed by atoms with Gasteiger partial charge in [0.2, 0.25) is 0 Å². The van der Waals surface area contributed by atoms with E-state index in [1.54, 1.807) is 11.1 Å². The van der Waals surface area contributed by atoms with E-state index in [-0.39, 0.29) is 0 Å². The van der Waals surface area contributed by atoms with Crippen molar-refractivity contribution < 1.29 is 5.11 Å². The largest absolute Gasteiger partial charge is 0.396 e. The maximum atomic E-state index is 9.20. The number of rotatable bonds is 3. The molecule has 3 aliphatic carbocycles. The van der Waals surface area contributed by atoms with E-state index in [1.165, 1.54) is 19.3 Å². The highest BCUT2D eigenvalue weighted by Gasteiger charge is 2.64. The quantitative estimate of drug-likeness (QED) is 0.778. The van der Waals surface area contributed by atoms with Gasteiger partial charge in [0.1, 0.15) is 0 Å². The van der Waals surface area contributed by atoms with E-state index in [0.717, 1.165) is 12.8 Å². The molecule has 2 unspecified atom stereocenters. The number of hydrogen-bond donors (Lipinski definition) is 1. The van der Waals surface area contributed by atoms with Gasteiger partial charge in [-0.15, -0.1) is 0 Å². The molecule has 2 atom stereocenters. The molecule has 2 fully saturated rings. The molecule has 1 nitrogen and oxygen atoms in total. The molecule has 0 spiro atoms. The smallest absolute Gasteiger partial charge is 0.0431 e. The number of allylic oxidation sites excluding steroid dienone is 4. The standard InChI is InChI=1S/C19H30O/c1-16(2)8-9-17(3,4)15-12-19(7-6-10-20)13-18(19,5)11-14(15)16/h11-12,20H,6-10,13H2,1-5H3. The van der Waals surface area contributed by atoms with E-state index in [4.69, 9.17) is 0 Å². The summed E-state index contributed by atoms with van der Waals surface area (Å²) in [5.74, 6) is 0. The lowest BCUT2D eigenvalue weighted by Crippen LogP contribution is -2.35. The van der Waals surface area contributed by atoms with Crippen molar-refractivity contribution in [3.05, 3.63) is 23.3 Å². The Morgan fingerprint density at radius 1 is 0.950 bits per heavy atom. The molecule has 0 amide bonds. The first kappa shape index (κ1) is 14.4. The van der Waals surface area contributed by atoms with Gasteiger partial charge >= 0.3 is 0 Å². The van der Waals surface area contributed by atoms with Gasteiger partial charge < -0.3 is 5.11 Å². The molecule has 0 aromatic carbocycles. The molecule has 0 aromatic heterocycles. The van der Waals surface area contributed by atoms with Crippen LogP contribution in [0.2, 0.25) is 0 Å². The van der Waals surface area contributed by atoms with Crippen LogP contribution in [-0.2, 0) is 0 Å². The molecule has 0 radical (unpaired) electrons. The average molecular weight is 274 g/mol. The van der Waals surface area contributed by atoms with Crippen LogP contribution >= 0.6 is 0 Å². The second-order valence-electron chi connectivity index (χ2n) is 8.96. The van der Waals surface area contributed by atoms with Crippen LogP contribution in [0.15, 0.2) is 23.3 Å². The molecule has 20 heavy (non-hydrogen) atoms. The molecule has 1 heteroatoms. The highest BCUT2D eigenvalue weighted by molar-refractivity contribution is 5.52. The fourth-order valence-electron chi connectivity index (χ4n) is 4.63. The monoisotopic (exact) mass is 274 g/mol. The number of hydrogen-bond acceptors (Lipinski definition) is 1. The van der Waals surface area contributed by atoms with Gasteiger partial charge in [0.15, 0.2) is 0 Å². The van der Waals surface area contributed by atoms with Crippen LogP contribution in [0.25, 0.3) is 0 Å². The molecule has 0 heterocycles. The van der Waals surface area contributed by atoms with Crippen LogP contribution in [0.1, 0.15) is 66.7 Å². The minimum atomic E-state index is 0.317. The third-order valence-corrected chi connectivity index (χ3v) is 6.48. The SMILES string of the molecule is CC1(C)CCC(C)(C)C2=CC3(CCCO)CC3(C)C=C21. The minimum absolute atomic E-state index is 0.317. The predicted octanol–water partition coefficient (Wildman–Crippen LogP) is 4.87. The third kappa shape index (κ3) is 1.85. The average Bonchev–Trinajstić information content (AvgIpc) is 2.97. The lowest BCUT2D eigenvalue weighted by molar-refractivity contribution is 0.242. The molecule has 0 aliphatic heterocycles. The summed E-state index contributed by atoms with van der Waals surface area (Å²) in [5, 5.41) is 9.20. The first-order valence-corrected chi connectivity index (χ1v) is 8.24. The van der Waals surface area contributed by atoms with Crippen molar-refractivity contribution in [3.63, 3.8) is 0 Å². The molecule has 0 saturated heterocycles. The zero-order chi connectivity index (χ0) is 14.8. The Morgan fingerprint density at radius 3 is 2.05 bits per heavy atom. The number of aliphatic hydroxyl groups is 1. The second-order valence-corrected chi connectivity index (χ2v) is 8.96. The molecule has 0 aromatic rings. The van der Waals surface area contributed by atoms with Gasteiger partial charge in [-0.3, -0.25) is 0 Å². The van der Waals surface area contributed by atoms with Crippen LogP contribution in [0.5, 0.6) is 0 Å². The summed E-state index contributed by atoms with van der Waals surface area (Å²) in [4.78, 5) is 0. The minimum Gasteiger partial charge on any atom is -0.396 e. The Hall–Kier alpha value is -0.560. The van der Waals surface area contributed by atoms with Crippen molar-refractivity contribution >= 4 is 0 Å².